The van der Waals surface area contributed by atoms with E-state index in [0.717, 1.165) is 11.4 Å². The number of rotatable bonds is 3. The van der Waals surface area contributed by atoms with E-state index in [2.05, 4.69) is 10.2 Å². The van der Waals surface area contributed by atoms with Gasteiger partial charge in [-0.1, -0.05) is 4.73 Å². The molecule has 0 aliphatic carbocycles. The highest BCUT2D eigenvalue weighted by Gasteiger charge is 2.28. The SMILES string of the molecule is COc1ccc(N2CCN(C(=O)On3c(O)c4n(c3=O)CCNC4)CC2)cc1. The minimum absolute atomic E-state index is 0.331. The number of carbonyl (C=O) groups is 1. The second-order valence-electron chi connectivity index (χ2n) is 6.70. The Morgan fingerprint density at radius 2 is 1.82 bits per heavy atom. The van der Waals surface area contributed by atoms with Crippen LogP contribution in [0.1, 0.15) is 5.69 Å². The Labute approximate surface area is 161 Å². The molecule has 0 radical (unpaired) electrons. The van der Waals surface area contributed by atoms with E-state index in [-0.39, 0.29) is 5.88 Å². The van der Waals surface area contributed by atoms with Crippen LogP contribution in [0.25, 0.3) is 0 Å². The molecule has 0 spiro atoms. The van der Waals surface area contributed by atoms with Crippen molar-refractivity contribution in [2.45, 2.75) is 13.1 Å². The fraction of sp³-hybridized carbons (Fsp3) is 0.444. The van der Waals surface area contributed by atoms with E-state index in [4.69, 9.17) is 9.57 Å². The van der Waals surface area contributed by atoms with Gasteiger partial charge < -0.3 is 29.8 Å². The van der Waals surface area contributed by atoms with Crippen molar-refractivity contribution >= 4 is 11.8 Å². The maximum absolute atomic E-state index is 12.5. The largest absolute Gasteiger partial charge is 0.497 e. The lowest BCUT2D eigenvalue weighted by atomic mass is 10.2. The Morgan fingerprint density at radius 3 is 2.46 bits per heavy atom. The van der Waals surface area contributed by atoms with Crippen LogP contribution in [0.5, 0.6) is 11.6 Å². The van der Waals surface area contributed by atoms with Crippen LogP contribution < -0.4 is 25.5 Å². The van der Waals surface area contributed by atoms with E-state index in [1.807, 2.05) is 24.3 Å². The number of methoxy groups -OCH3 is 1. The van der Waals surface area contributed by atoms with Gasteiger partial charge in [-0.3, -0.25) is 4.57 Å². The number of hydrogen-bond donors (Lipinski definition) is 2. The molecular weight excluding hydrogens is 366 g/mol. The van der Waals surface area contributed by atoms with Gasteiger partial charge in [-0.2, -0.15) is 0 Å². The highest BCUT2D eigenvalue weighted by molar-refractivity contribution is 5.68. The quantitative estimate of drug-likeness (QED) is 0.752. The van der Waals surface area contributed by atoms with Crippen molar-refractivity contribution < 1.29 is 19.5 Å². The normalized spacial score (nSPS) is 16.6. The topological polar surface area (TPSA) is 101 Å². The molecule has 150 valence electrons. The number of anilines is 1. The van der Waals surface area contributed by atoms with Crippen LogP contribution in [0.4, 0.5) is 10.5 Å². The molecule has 1 saturated heterocycles. The maximum Gasteiger partial charge on any atom is 0.434 e. The number of nitrogens with one attached hydrogen (secondary N) is 1. The minimum atomic E-state index is -0.650. The molecule has 1 amide bonds. The number of aromatic nitrogens is 2. The van der Waals surface area contributed by atoms with E-state index in [9.17, 15) is 14.7 Å². The van der Waals surface area contributed by atoms with Crippen LogP contribution in [-0.2, 0) is 13.1 Å². The van der Waals surface area contributed by atoms with Gasteiger partial charge in [-0.25, -0.2) is 9.59 Å². The Bertz CT molecular complexity index is 912. The number of aromatic hydroxyl groups is 1. The molecule has 10 nitrogen and oxygen atoms in total. The van der Waals surface area contributed by atoms with Gasteiger partial charge in [0.2, 0.25) is 0 Å². The summed E-state index contributed by atoms with van der Waals surface area (Å²) in [7, 11) is 1.63. The zero-order valence-corrected chi connectivity index (χ0v) is 15.6. The predicted molar refractivity (Wildman–Crippen MR) is 101 cm³/mol. The summed E-state index contributed by atoms with van der Waals surface area (Å²) in [5.41, 5.74) is 0.933. The van der Waals surface area contributed by atoms with Gasteiger partial charge in [0.05, 0.1) is 12.8 Å². The summed E-state index contributed by atoms with van der Waals surface area (Å²) in [6.07, 6.45) is -0.650. The summed E-state index contributed by atoms with van der Waals surface area (Å²) in [4.78, 5) is 33.7. The summed E-state index contributed by atoms with van der Waals surface area (Å²) in [5.74, 6) is 0.462. The number of piperazine rings is 1. The summed E-state index contributed by atoms with van der Waals surface area (Å²) < 4.78 is 7.27. The molecule has 3 heterocycles. The number of ether oxygens (including phenoxy) is 1. The van der Waals surface area contributed by atoms with E-state index in [1.54, 1.807) is 7.11 Å². The molecule has 10 heteroatoms. The van der Waals surface area contributed by atoms with E-state index >= 15 is 0 Å². The highest BCUT2D eigenvalue weighted by atomic mass is 16.7. The van der Waals surface area contributed by atoms with Gasteiger partial charge in [0.1, 0.15) is 5.75 Å². The van der Waals surface area contributed by atoms with Crippen LogP contribution in [-0.4, -0.2) is 65.2 Å². The van der Waals surface area contributed by atoms with Crippen molar-refractivity contribution in [2.75, 3.05) is 44.7 Å². The molecule has 2 N–H and O–H groups in total. The minimum Gasteiger partial charge on any atom is -0.497 e. The first-order chi connectivity index (χ1) is 13.6. The van der Waals surface area contributed by atoms with Crippen molar-refractivity contribution in [3.8, 4) is 11.6 Å². The average molecular weight is 389 g/mol. The van der Waals surface area contributed by atoms with Crippen molar-refractivity contribution in [2.24, 2.45) is 0 Å². The second-order valence-corrected chi connectivity index (χ2v) is 6.70. The van der Waals surface area contributed by atoms with Crippen molar-refractivity contribution in [3.05, 3.63) is 40.4 Å². The Kier molecular flexibility index (Phi) is 4.86. The summed E-state index contributed by atoms with van der Waals surface area (Å²) in [5, 5.41) is 13.3. The molecule has 2 aliphatic rings. The lowest BCUT2D eigenvalue weighted by molar-refractivity contribution is 0.0773. The maximum atomic E-state index is 12.5. The van der Waals surface area contributed by atoms with Gasteiger partial charge in [-0.15, -0.1) is 0 Å². The molecule has 0 bridgehead atoms. The molecule has 2 aromatic rings. The van der Waals surface area contributed by atoms with E-state index in [0.29, 0.717) is 56.2 Å². The molecule has 1 fully saturated rings. The zero-order valence-electron chi connectivity index (χ0n) is 15.6. The number of imidazole rings is 1. The summed E-state index contributed by atoms with van der Waals surface area (Å²) in [6.45, 7) is 3.58. The Balaban J connectivity index is 1.39. The molecule has 0 saturated carbocycles. The number of amides is 1. The molecule has 2 aliphatic heterocycles. The van der Waals surface area contributed by atoms with Crippen LogP contribution in [0.3, 0.4) is 0 Å². The molecule has 1 aromatic heterocycles. The monoisotopic (exact) mass is 389 g/mol. The fourth-order valence-corrected chi connectivity index (χ4v) is 3.51. The average Bonchev–Trinajstić information content (AvgIpc) is 2.99. The van der Waals surface area contributed by atoms with Crippen LogP contribution in [0.2, 0.25) is 0 Å². The highest BCUT2D eigenvalue weighted by Crippen LogP contribution is 2.21. The third kappa shape index (κ3) is 3.26. The third-order valence-corrected chi connectivity index (χ3v) is 5.13. The smallest absolute Gasteiger partial charge is 0.434 e. The predicted octanol–water partition coefficient (Wildman–Crippen LogP) is -0.162. The molecule has 0 atom stereocenters. The number of fused-ring (bicyclic) bond motifs is 1. The molecular formula is C18H23N5O5. The first kappa shape index (κ1) is 18.2. The Hall–Kier alpha value is -3.14. The third-order valence-electron chi connectivity index (χ3n) is 5.13. The molecule has 0 unspecified atom stereocenters. The van der Waals surface area contributed by atoms with E-state index in [1.165, 1.54) is 9.47 Å². The lowest BCUT2D eigenvalue weighted by Crippen LogP contribution is -2.51. The van der Waals surface area contributed by atoms with Gasteiger partial charge in [0.15, 0.2) is 0 Å². The lowest BCUT2D eigenvalue weighted by Gasteiger charge is -2.35. The molecule has 28 heavy (non-hydrogen) atoms. The standard InChI is InChI=1S/C18H23N5O5/c1-27-14-4-2-13(3-5-14)20-8-10-21(11-9-20)18(26)28-23-16(24)15-12-19-6-7-22(15)17(23)25/h2-5,19,24H,6-12H2,1H3. The number of carbonyl (C=O) groups excluding carboxylic acids is 1. The first-order valence-electron chi connectivity index (χ1n) is 9.19. The van der Waals surface area contributed by atoms with Crippen molar-refractivity contribution in [1.29, 1.82) is 0 Å². The van der Waals surface area contributed by atoms with Crippen LogP contribution in [0, 0.1) is 0 Å². The second kappa shape index (κ2) is 7.47. The number of nitrogens with zero attached hydrogens (tertiary/aromatic N) is 4. The van der Waals surface area contributed by atoms with Crippen LogP contribution in [0.15, 0.2) is 29.1 Å². The Morgan fingerprint density at radius 1 is 1.11 bits per heavy atom. The van der Waals surface area contributed by atoms with Gasteiger partial charge >= 0.3 is 11.8 Å². The fourth-order valence-electron chi connectivity index (χ4n) is 3.51. The summed E-state index contributed by atoms with van der Waals surface area (Å²) >= 11 is 0. The van der Waals surface area contributed by atoms with Gasteiger partial charge in [-0.05, 0) is 24.3 Å². The van der Waals surface area contributed by atoms with Crippen LogP contribution >= 0.6 is 0 Å². The van der Waals surface area contributed by atoms with Crippen molar-refractivity contribution in [3.63, 3.8) is 0 Å². The van der Waals surface area contributed by atoms with Crippen molar-refractivity contribution in [1.82, 2.24) is 19.5 Å². The number of hydrogen-bond acceptors (Lipinski definition) is 7. The van der Waals surface area contributed by atoms with Gasteiger partial charge in [0, 0.05) is 51.5 Å². The first-order valence-corrected chi connectivity index (χ1v) is 9.19. The zero-order chi connectivity index (χ0) is 19.7. The van der Waals surface area contributed by atoms with E-state index < -0.39 is 11.8 Å². The molecule has 4 rings (SSSR count). The van der Waals surface area contributed by atoms with Gasteiger partial charge in [0.25, 0.3) is 5.88 Å². The molecule has 1 aromatic carbocycles. The summed E-state index contributed by atoms with van der Waals surface area (Å²) in [6, 6.07) is 7.75. The number of benzene rings is 1.